The van der Waals surface area contributed by atoms with Crippen LogP contribution < -0.4 is 4.74 Å². The van der Waals surface area contributed by atoms with Gasteiger partial charge in [0.25, 0.3) is 0 Å². The minimum absolute atomic E-state index is 0.172. The van der Waals surface area contributed by atoms with Crippen LogP contribution in [0, 0.1) is 0 Å². The molecule has 33 heavy (non-hydrogen) atoms. The van der Waals surface area contributed by atoms with Gasteiger partial charge in [0.1, 0.15) is 16.9 Å². The molecule has 4 rings (SSSR count). The number of carbonyl (C=O) groups excluding carboxylic acids is 2. The summed E-state index contributed by atoms with van der Waals surface area (Å²) < 4.78 is 16.3. The van der Waals surface area contributed by atoms with E-state index in [0.717, 1.165) is 16.0 Å². The quantitative estimate of drug-likeness (QED) is 0.291. The predicted molar refractivity (Wildman–Crippen MR) is 126 cm³/mol. The summed E-state index contributed by atoms with van der Waals surface area (Å²) in [6, 6.07) is 11.8. The lowest BCUT2D eigenvalue weighted by atomic mass is 10.1. The molecule has 0 bridgehead atoms. The summed E-state index contributed by atoms with van der Waals surface area (Å²) in [5.74, 6) is -0.601. The highest BCUT2D eigenvalue weighted by Crippen LogP contribution is 2.39. The van der Waals surface area contributed by atoms with Crippen LogP contribution in [-0.2, 0) is 9.47 Å². The standard InChI is InChI=1S/C24H19ClN2O5S/c1-3-30-23(28)15-9-16(24(29)31-4-2)11-18(10-15)32-21-20-19(12-33-22(20)27-13-26-21)14-5-7-17(25)8-6-14/h5-13H,3-4H2,1-2H3. The van der Waals surface area contributed by atoms with Crippen molar-refractivity contribution >= 4 is 45.1 Å². The van der Waals surface area contributed by atoms with Crippen molar-refractivity contribution in [2.24, 2.45) is 0 Å². The lowest BCUT2D eigenvalue weighted by Gasteiger charge is -2.11. The Morgan fingerprint density at radius 2 is 1.58 bits per heavy atom. The van der Waals surface area contributed by atoms with Gasteiger partial charge in [0.05, 0.1) is 29.7 Å². The largest absolute Gasteiger partial charge is 0.462 e. The topological polar surface area (TPSA) is 87.6 Å². The van der Waals surface area contributed by atoms with Gasteiger partial charge in [-0.3, -0.25) is 0 Å². The highest BCUT2D eigenvalue weighted by atomic mass is 35.5. The number of ether oxygens (including phenoxy) is 3. The number of halogens is 1. The smallest absolute Gasteiger partial charge is 0.338 e. The highest BCUT2D eigenvalue weighted by molar-refractivity contribution is 7.17. The molecule has 0 fully saturated rings. The first kappa shape index (κ1) is 22.7. The van der Waals surface area contributed by atoms with Crippen LogP contribution >= 0.6 is 22.9 Å². The molecule has 0 N–H and O–H groups in total. The van der Waals surface area contributed by atoms with Crippen LogP contribution in [0.5, 0.6) is 11.6 Å². The summed E-state index contributed by atoms with van der Waals surface area (Å²) in [7, 11) is 0. The molecule has 0 spiro atoms. The highest BCUT2D eigenvalue weighted by Gasteiger charge is 2.19. The monoisotopic (exact) mass is 482 g/mol. The van der Waals surface area contributed by atoms with Gasteiger partial charge in [-0.2, -0.15) is 0 Å². The average Bonchev–Trinajstić information content (AvgIpc) is 3.25. The molecule has 4 aromatic rings. The minimum atomic E-state index is -0.571. The molecule has 168 valence electrons. The van der Waals surface area contributed by atoms with Gasteiger partial charge in [-0.1, -0.05) is 23.7 Å². The Bertz CT molecular complexity index is 1280. The van der Waals surface area contributed by atoms with Crippen LogP contribution in [0.25, 0.3) is 21.3 Å². The van der Waals surface area contributed by atoms with Crippen LogP contribution in [0.2, 0.25) is 5.02 Å². The Morgan fingerprint density at radius 1 is 0.939 bits per heavy atom. The van der Waals surface area contributed by atoms with Gasteiger partial charge in [0, 0.05) is 16.0 Å². The minimum Gasteiger partial charge on any atom is -0.462 e. The Kier molecular flexibility index (Phi) is 6.86. The van der Waals surface area contributed by atoms with Crippen molar-refractivity contribution in [2.75, 3.05) is 13.2 Å². The number of thiophene rings is 1. The maximum absolute atomic E-state index is 12.4. The number of rotatable bonds is 7. The SMILES string of the molecule is CCOC(=O)c1cc(Oc2ncnc3scc(-c4ccc(Cl)cc4)c23)cc(C(=O)OCC)c1. The van der Waals surface area contributed by atoms with Crippen molar-refractivity contribution in [3.05, 3.63) is 70.3 Å². The molecule has 0 saturated heterocycles. The van der Waals surface area contributed by atoms with Gasteiger partial charge < -0.3 is 14.2 Å². The molecular weight excluding hydrogens is 464 g/mol. The van der Waals surface area contributed by atoms with Crippen molar-refractivity contribution in [3.63, 3.8) is 0 Å². The van der Waals surface area contributed by atoms with Crippen molar-refractivity contribution in [1.29, 1.82) is 0 Å². The van der Waals surface area contributed by atoms with E-state index in [1.807, 2.05) is 17.5 Å². The molecule has 0 aliphatic heterocycles. The summed E-state index contributed by atoms with van der Waals surface area (Å²) in [5.41, 5.74) is 2.16. The molecule has 7 nitrogen and oxygen atoms in total. The van der Waals surface area contributed by atoms with E-state index in [9.17, 15) is 9.59 Å². The maximum Gasteiger partial charge on any atom is 0.338 e. The van der Waals surface area contributed by atoms with Gasteiger partial charge in [0.2, 0.25) is 5.88 Å². The normalized spacial score (nSPS) is 10.8. The average molecular weight is 483 g/mol. The Morgan fingerprint density at radius 3 is 2.18 bits per heavy atom. The summed E-state index contributed by atoms with van der Waals surface area (Å²) in [4.78, 5) is 34.1. The van der Waals surface area contributed by atoms with Crippen molar-refractivity contribution < 1.29 is 23.8 Å². The van der Waals surface area contributed by atoms with E-state index in [1.54, 1.807) is 26.0 Å². The van der Waals surface area contributed by atoms with Gasteiger partial charge >= 0.3 is 11.9 Å². The Labute approximate surface area is 198 Å². The number of hydrogen-bond donors (Lipinski definition) is 0. The number of aromatic nitrogens is 2. The second-order valence-electron chi connectivity index (χ2n) is 6.80. The predicted octanol–water partition coefficient (Wildman–Crippen LogP) is 6.16. The molecule has 0 amide bonds. The van der Waals surface area contributed by atoms with Crippen LogP contribution in [0.3, 0.4) is 0 Å². The zero-order valence-corrected chi connectivity index (χ0v) is 19.4. The van der Waals surface area contributed by atoms with E-state index in [2.05, 4.69) is 9.97 Å². The number of fused-ring (bicyclic) bond motifs is 1. The second kappa shape index (κ2) is 9.97. The molecule has 2 heterocycles. The summed E-state index contributed by atoms with van der Waals surface area (Å²) in [5, 5.41) is 3.31. The third-order valence-corrected chi connectivity index (χ3v) is 5.77. The van der Waals surface area contributed by atoms with Crippen molar-refractivity contribution in [1.82, 2.24) is 9.97 Å². The summed E-state index contributed by atoms with van der Waals surface area (Å²) in [6.45, 7) is 3.81. The fourth-order valence-corrected chi connectivity index (χ4v) is 4.23. The molecule has 0 aliphatic carbocycles. The molecule has 0 saturated carbocycles. The van der Waals surface area contributed by atoms with Gasteiger partial charge in [-0.05, 0) is 49.7 Å². The van der Waals surface area contributed by atoms with E-state index < -0.39 is 11.9 Å². The molecule has 2 aromatic carbocycles. The fraction of sp³-hybridized carbons (Fsp3) is 0.167. The zero-order chi connectivity index (χ0) is 23.4. The van der Waals surface area contributed by atoms with Crippen molar-refractivity contribution in [2.45, 2.75) is 13.8 Å². The molecule has 0 radical (unpaired) electrons. The molecule has 0 aliphatic rings. The van der Waals surface area contributed by atoms with E-state index in [-0.39, 0.29) is 30.1 Å². The summed E-state index contributed by atoms with van der Waals surface area (Å²) >= 11 is 7.49. The molecule has 9 heteroatoms. The fourth-order valence-electron chi connectivity index (χ4n) is 3.20. The second-order valence-corrected chi connectivity index (χ2v) is 8.10. The first-order valence-electron chi connectivity index (χ1n) is 10.2. The first-order valence-corrected chi connectivity index (χ1v) is 11.4. The van der Waals surface area contributed by atoms with Gasteiger partial charge in [0.15, 0.2) is 0 Å². The number of nitrogens with zero attached hydrogens (tertiary/aromatic N) is 2. The third kappa shape index (κ3) is 4.97. The molecule has 0 atom stereocenters. The van der Waals surface area contributed by atoms with E-state index in [0.29, 0.717) is 16.3 Å². The molecule has 0 unspecified atom stereocenters. The number of hydrogen-bond acceptors (Lipinski definition) is 8. The maximum atomic E-state index is 12.4. The summed E-state index contributed by atoms with van der Waals surface area (Å²) in [6.07, 6.45) is 1.40. The Balaban J connectivity index is 1.79. The van der Waals surface area contributed by atoms with Crippen molar-refractivity contribution in [3.8, 4) is 22.8 Å². The first-order chi connectivity index (χ1) is 16.0. The van der Waals surface area contributed by atoms with Crippen LogP contribution in [0.15, 0.2) is 54.2 Å². The van der Waals surface area contributed by atoms with E-state index >= 15 is 0 Å². The molecule has 2 aromatic heterocycles. The zero-order valence-electron chi connectivity index (χ0n) is 17.8. The number of benzene rings is 2. The lowest BCUT2D eigenvalue weighted by molar-refractivity contribution is 0.0524. The van der Waals surface area contributed by atoms with Gasteiger partial charge in [-0.15, -0.1) is 11.3 Å². The number of carbonyl (C=O) groups is 2. The lowest BCUT2D eigenvalue weighted by Crippen LogP contribution is -2.09. The van der Waals surface area contributed by atoms with Crippen LogP contribution in [0.1, 0.15) is 34.6 Å². The Hall–Kier alpha value is -3.49. The molecular formula is C24H19ClN2O5S. The van der Waals surface area contributed by atoms with Crippen LogP contribution in [0.4, 0.5) is 0 Å². The van der Waals surface area contributed by atoms with E-state index in [1.165, 1.54) is 35.9 Å². The van der Waals surface area contributed by atoms with Gasteiger partial charge in [-0.25, -0.2) is 19.6 Å². The third-order valence-electron chi connectivity index (χ3n) is 4.63. The number of esters is 2. The van der Waals surface area contributed by atoms with E-state index in [4.69, 9.17) is 25.8 Å². The van der Waals surface area contributed by atoms with Crippen LogP contribution in [-0.4, -0.2) is 35.1 Å².